The molecule has 5 heteroatoms. The topological polar surface area (TPSA) is 55.6 Å². The number of tetrazole rings is 1. The van der Waals surface area contributed by atoms with Crippen LogP contribution in [-0.4, -0.2) is 32.8 Å². The molecule has 14 heavy (non-hydrogen) atoms. The van der Waals surface area contributed by atoms with Crippen LogP contribution in [0.1, 0.15) is 19.2 Å². The molecule has 0 saturated carbocycles. The minimum Gasteiger partial charge on any atom is -0.313 e. The standard InChI is InChI=1S/C9H17N5/c1-4-6-8(10-5-2)7-9-11-13-14(3)12-9/h4,8,10H,1,5-7H2,2-3H3. The van der Waals surface area contributed by atoms with E-state index in [0.29, 0.717) is 6.04 Å². The Hall–Kier alpha value is -1.23. The third kappa shape index (κ3) is 3.26. The molecule has 1 N–H and O–H groups in total. The van der Waals surface area contributed by atoms with Crippen LogP contribution in [0, 0.1) is 0 Å². The molecule has 0 aliphatic carbocycles. The quantitative estimate of drug-likeness (QED) is 0.664. The van der Waals surface area contributed by atoms with Crippen LogP contribution < -0.4 is 5.32 Å². The number of rotatable bonds is 6. The average Bonchev–Trinajstić information content (AvgIpc) is 2.52. The van der Waals surface area contributed by atoms with E-state index in [9.17, 15) is 0 Å². The first kappa shape index (κ1) is 10.8. The molecule has 1 aromatic heterocycles. The summed E-state index contributed by atoms with van der Waals surface area (Å²) < 4.78 is 0. The van der Waals surface area contributed by atoms with Crippen molar-refractivity contribution in [3.8, 4) is 0 Å². The van der Waals surface area contributed by atoms with Crippen LogP contribution in [0.4, 0.5) is 0 Å². The molecule has 78 valence electrons. The first-order valence-electron chi connectivity index (χ1n) is 4.83. The largest absolute Gasteiger partial charge is 0.313 e. The molecule has 0 radical (unpaired) electrons. The molecule has 1 atom stereocenters. The molecule has 0 saturated heterocycles. The van der Waals surface area contributed by atoms with Gasteiger partial charge in [0.25, 0.3) is 0 Å². The second-order valence-corrected chi connectivity index (χ2v) is 3.18. The van der Waals surface area contributed by atoms with Crippen LogP contribution in [0.15, 0.2) is 12.7 Å². The summed E-state index contributed by atoms with van der Waals surface area (Å²) >= 11 is 0. The van der Waals surface area contributed by atoms with Crippen molar-refractivity contribution >= 4 is 0 Å². The molecule has 1 unspecified atom stereocenters. The van der Waals surface area contributed by atoms with Gasteiger partial charge in [0.1, 0.15) is 0 Å². The molecule has 0 aliphatic rings. The molecule has 0 bridgehead atoms. The molecular weight excluding hydrogens is 178 g/mol. The fourth-order valence-electron chi connectivity index (χ4n) is 1.35. The summed E-state index contributed by atoms with van der Waals surface area (Å²) in [5.41, 5.74) is 0. The van der Waals surface area contributed by atoms with E-state index in [1.165, 1.54) is 4.80 Å². The summed E-state index contributed by atoms with van der Waals surface area (Å²) in [6.45, 7) is 6.75. The van der Waals surface area contributed by atoms with E-state index in [1.54, 1.807) is 7.05 Å². The van der Waals surface area contributed by atoms with Gasteiger partial charge in [-0.1, -0.05) is 13.0 Å². The van der Waals surface area contributed by atoms with Gasteiger partial charge in [0.05, 0.1) is 7.05 Å². The zero-order valence-corrected chi connectivity index (χ0v) is 8.77. The first-order chi connectivity index (χ1) is 6.76. The summed E-state index contributed by atoms with van der Waals surface area (Å²) in [6.07, 6.45) is 3.63. The summed E-state index contributed by atoms with van der Waals surface area (Å²) in [7, 11) is 1.77. The van der Waals surface area contributed by atoms with Crippen LogP contribution in [0.2, 0.25) is 0 Å². The average molecular weight is 195 g/mol. The lowest BCUT2D eigenvalue weighted by Gasteiger charge is -2.13. The summed E-state index contributed by atoms with van der Waals surface area (Å²) in [5.74, 6) is 0.778. The van der Waals surface area contributed by atoms with Crippen LogP contribution in [0.3, 0.4) is 0 Å². The van der Waals surface area contributed by atoms with Gasteiger partial charge in [0.15, 0.2) is 5.82 Å². The van der Waals surface area contributed by atoms with Gasteiger partial charge >= 0.3 is 0 Å². The lowest BCUT2D eigenvalue weighted by molar-refractivity contribution is 0.516. The van der Waals surface area contributed by atoms with Gasteiger partial charge in [-0.15, -0.1) is 16.8 Å². The predicted molar refractivity (Wildman–Crippen MR) is 54.8 cm³/mol. The van der Waals surface area contributed by atoms with Crippen molar-refractivity contribution < 1.29 is 0 Å². The van der Waals surface area contributed by atoms with Gasteiger partial charge in [-0.3, -0.25) is 0 Å². The molecule has 0 fully saturated rings. The van der Waals surface area contributed by atoms with Gasteiger partial charge in [-0.05, 0) is 18.2 Å². The van der Waals surface area contributed by atoms with Crippen molar-refractivity contribution in [1.82, 2.24) is 25.5 Å². The second-order valence-electron chi connectivity index (χ2n) is 3.18. The Morgan fingerprint density at radius 3 is 2.93 bits per heavy atom. The number of hydrogen-bond donors (Lipinski definition) is 1. The zero-order valence-electron chi connectivity index (χ0n) is 8.77. The van der Waals surface area contributed by atoms with Crippen molar-refractivity contribution in [1.29, 1.82) is 0 Å². The number of nitrogens with zero attached hydrogens (tertiary/aromatic N) is 4. The maximum Gasteiger partial charge on any atom is 0.176 e. The van der Waals surface area contributed by atoms with Crippen molar-refractivity contribution in [2.24, 2.45) is 7.05 Å². The highest BCUT2D eigenvalue weighted by molar-refractivity contribution is 4.88. The SMILES string of the molecule is C=CCC(Cc1nnn(C)n1)NCC. The van der Waals surface area contributed by atoms with E-state index in [1.807, 2.05) is 6.08 Å². The van der Waals surface area contributed by atoms with Crippen LogP contribution in [-0.2, 0) is 13.5 Å². The third-order valence-corrected chi connectivity index (χ3v) is 1.92. The molecule has 1 heterocycles. The molecule has 0 amide bonds. The van der Waals surface area contributed by atoms with E-state index < -0.39 is 0 Å². The number of likely N-dealkylation sites (N-methyl/N-ethyl adjacent to an activating group) is 1. The molecule has 1 rings (SSSR count). The maximum atomic E-state index is 4.14. The Morgan fingerprint density at radius 1 is 1.64 bits per heavy atom. The minimum atomic E-state index is 0.363. The monoisotopic (exact) mass is 195 g/mol. The molecular formula is C9H17N5. The normalized spacial score (nSPS) is 12.7. The predicted octanol–water partition coefficient (Wildman–Crippen LogP) is 0.307. The molecule has 1 aromatic rings. The Kier molecular flexibility index (Phi) is 4.25. The van der Waals surface area contributed by atoms with Crippen LogP contribution in [0.25, 0.3) is 0 Å². The Morgan fingerprint density at radius 2 is 2.43 bits per heavy atom. The van der Waals surface area contributed by atoms with Gasteiger partial charge in [-0.2, -0.15) is 4.80 Å². The van der Waals surface area contributed by atoms with E-state index in [0.717, 1.165) is 25.2 Å². The fourth-order valence-corrected chi connectivity index (χ4v) is 1.35. The number of nitrogens with one attached hydrogen (secondary N) is 1. The third-order valence-electron chi connectivity index (χ3n) is 1.92. The Labute approximate surface area is 84.2 Å². The van der Waals surface area contributed by atoms with E-state index in [4.69, 9.17) is 0 Å². The number of aromatic nitrogens is 4. The van der Waals surface area contributed by atoms with Gasteiger partial charge < -0.3 is 5.32 Å². The van der Waals surface area contributed by atoms with E-state index in [2.05, 4.69) is 34.2 Å². The van der Waals surface area contributed by atoms with Crippen LogP contribution in [0.5, 0.6) is 0 Å². The Balaban J connectivity index is 2.49. The smallest absolute Gasteiger partial charge is 0.176 e. The molecule has 0 aliphatic heterocycles. The lowest BCUT2D eigenvalue weighted by Crippen LogP contribution is -2.30. The van der Waals surface area contributed by atoms with Crippen molar-refractivity contribution in [3.05, 3.63) is 18.5 Å². The molecule has 0 aromatic carbocycles. The summed E-state index contributed by atoms with van der Waals surface area (Å²) in [5, 5.41) is 15.2. The highest BCUT2D eigenvalue weighted by atomic mass is 15.6. The van der Waals surface area contributed by atoms with E-state index >= 15 is 0 Å². The summed E-state index contributed by atoms with van der Waals surface area (Å²) in [6, 6.07) is 0.363. The van der Waals surface area contributed by atoms with Gasteiger partial charge in [0.2, 0.25) is 0 Å². The van der Waals surface area contributed by atoms with Crippen molar-refractivity contribution in [2.45, 2.75) is 25.8 Å². The first-order valence-corrected chi connectivity index (χ1v) is 4.83. The zero-order chi connectivity index (χ0) is 10.4. The number of hydrogen-bond acceptors (Lipinski definition) is 4. The van der Waals surface area contributed by atoms with Gasteiger partial charge in [0, 0.05) is 12.5 Å². The highest BCUT2D eigenvalue weighted by Gasteiger charge is 2.09. The van der Waals surface area contributed by atoms with Crippen molar-refractivity contribution in [2.75, 3.05) is 6.54 Å². The molecule has 5 nitrogen and oxygen atoms in total. The summed E-state index contributed by atoms with van der Waals surface area (Å²) in [4.78, 5) is 1.48. The molecule has 0 spiro atoms. The Bertz CT molecular complexity index is 280. The van der Waals surface area contributed by atoms with E-state index in [-0.39, 0.29) is 0 Å². The lowest BCUT2D eigenvalue weighted by atomic mass is 10.1. The number of aryl methyl sites for hydroxylation is 1. The maximum absolute atomic E-state index is 4.14. The fraction of sp³-hybridized carbons (Fsp3) is 0.667. The van der Waals surface area contributed by atoms with Gasteiger partial charge in [-0.25, -0.2) is 0 Å². The highest BCUT2D eigenvalue weighted by Crippen LogP contribution is 2.00. The van der Waals surface area contributed by atoms with Crippen LogP contribution >= 0.6 is 0 Å². The van der Waals surface area contributed by atoms with Crippen molar-refractivity contribution in [3.63, 3.8) is 0 Å². The second kappa shape index (κ2) is 5.49. The minimum absolute atomic E-state index is 0.363.